The number of aliphatic hydroxyl groups is 1. The predicted octanol–water partition coefficient (Wildman–Crippen LogP) is 1.30. The van der Waals surface area contributed by atoms with E-state index in [0.29, 0.717) is 0 Å². The monoisotopic (exact) mass is 227 g/mol. The number of nitrogens with zero attached hydrogens (tertiary/aromatic N) is 1. The molecule has 0 aliphatic heterocycles. The van der Waals surface area contributed by atoms with Gasteiger partial charge in [-0.05, 0) is 19.4 Å². The first-order chi connectivity index (χ1) is 7.47. The molecular weight excluding hydrogens is 213 g/mol. The van der Waals surface area contributed by atoms with Crippen molar-refractivity contribution in [1.82, 2.24) is 4.98 Å². The van der Waals surface area contributed by atoms with Crippen molar-refractivity contribution in [2.45, 2.75) is 25.9 Å². The summed E-state index contributed by atoms with van der Waals surface area (Å²) in [5, 5.41) is 10.2. The van der Waals surface area contributed by atoms with Crippen LogP contribution < -0.4 is 0 Å². The highest BCUT2D eigenvalue weighted by Gasteiger charge is 2.39. The van der Waals surface area contributed by atoms with E-state index in [0.717, 1.165) is 0 Å². The summed E-state index contributed by atoms with van der Waals surface area (Å²) in [4.78, 5) is 15.0. The summed E-state index contributed by atoms with van der Waals surface area (Å²) in [6, 6.07) is 1.42. The van der Waals surface area contributed by atoms with E-state index in [1.807, 2.05) is 0 Å². The summed E-state index contributed by atoms with van der Waals surface area (Å²) in [5.41, 5.74) is -1.48. The largest absolute Gasteiger partial charge is 0.467 e. The Morgan fingerprint density at radius 1 is 1.69 bits per heavy atom. The minimum atomic E-state index is -1.82. The van der Waals surface area contributed by atoms with Gasteiger partial charge in [0.25, 0.3) is 0 Å². The van der Waals surface area contributed by atoms with Gasteiger partial charge in [0.05, 0.1) is 7.11 Å². The number of rotatable bonds is 3. The molecule has 4 nitrogen and oxygen atoms in total. The van der Waals surface area contributed by atoms with Crippen LogP contribution in [0.15, 0.2) is 12.3 Å². The van der Waals surface area contributed by atoms with E-state index < -0.39 is 17.5 Å². The lowest BCUT2D eigenvalue weighted by Gasteiger charge is -2.25. The first kappa shape index (κ1) is 12.6. The number of methoxy groups -OCH3 is 1. The Hall–Kier alpha value is -1.49. The number of pyridine rings is 1. The number of ether oxygens (including phenoxy) is 1. The molecule has 0 aliphatic carbocycles. The first-order valence-corrected chi connectivity index (χ1v) is 4.89. The topological polar surface area (TPSA) is 59.4 Å². The zero-order chi connectivity index (χ0) is 12.3. The maximum absolute atomic E-state index is 13.2. The molecule has 0 spiro atoms. The molecule has 1 unspecified atom stereocenters. The van der Waals surface area contributed by atoms with E-state index in [-0.39, 0.29) is 17.5 Å². The average molecular weight is 227 g/mol. The quantitative estimate of drug-likeness (QED) is 0.624. The third-order valence-corrected chi connectivity index (χ3v) is 2.62. The first-order valence-electron chi connectivity index (χ1n) is 4.89. The van der Waals surface area contributed by atoms with Crippen molar-refractivity contribution in [3.8, 4) is 0 Å². The molecule has 1 aromatic rings. The van der Waals surface area contributed by atoms with Crippen LogP contribution in [0.4, 0.5) is 4.39 Å². The number of hydrogen-bond acceptors (Lipinski definition) is 4. The number of hydrogen-bond donors (Lipinski definition) is 1. The Balaban J connectivity index is 3.33. The number of carbonyl (C=O) groups is 1. The summed E-state index contributed by atoms with van der Waals surface area (Å²) in [6.45, 7) is 3.08. The Kier molecular flexibility index (Phi) is 3.59. The van der Waals surface area contributed by atoms with Gasteiger partial charge in [-0.2, -0.15) is 4.39 Å². The van der Waals surface area contributed by atoms with Crippen molar-refractivity contribution >= 4 is 5.97 Å². The smallest absolute Gasteiger partial charge is 0.342 e. The molecule has 1 rings (SSSR count). The van der Waals surface area contributed by atoms with E-state index in [9.17, 15) is 14.3 Å². The van der Waals surface area contributed by atoms with Gasteiger partial charge in [0.2, 0.25) is 5.95 Å². The third kappa shape index (κ3) is 1.90. The van der Waals surface area contributed by atoms with Crippen molar-refractivity contribution in [3.05, 3.63) is 29.3 Å². The molecule has 0 saturated carbocycles. The highest BCUT2D eigenvalue weighted by atomic mass is 19.1. The summed E-state index contributed by atoms with van der Waals surface area (Å²) in [6.07, 6.45) is 1.31. The van der Waals surface area contributed by atoms with Gasteiger partial charge in [0.1, 0.15) is 0 Å². The lowest BCUT2D eigenvalue weighted by Crippen LogP contribution is -2.37. The standard InChI is InChI=1S/C11H14FNO3/c1-4-11(15,10(14)16-3)8-5-6-13-9(12)7(8)2/h5-6,15H,4H2,1-3H3. The number of carbonyl (C=O) groups excluding carboxylic acids is 1. The lowest BCUT2D eigenvalue weighted by atomic mass is 9.89. The third-order valence-electron chi connectivity index (χ3n) is 2.62. The molecule has 88 valence electrons. The molecule has 16 heavy (non-hydrogen) atoms. The minimum Gasteiger partial charge on any atom is -0.467 e. The fourth-order valence-corrected chi connectivity index (χ4v) is 1.57. The van der Waals surface area contributed by atoms with Gasteiger partial charge in [0, 0.05) is 17.3 Å². The van der Waals surface area contributed by atoms with E-state index in [2.05, 4.69) is 9.72 Å². The molecule has 0 fully saturated rings. The zero-order valence-electron chi connectivity index (χ0n) is 9.45. The van der Waals surface area contributed by atoms with Gasteiger partial charge in [-0.15, -0.1) is 0 Å². The fraction of sp³-hybridized carbons (Fsp3) is 0.455. The maximum Gasteiger partial charge on any atom is 0.342 e. The van der Waals surface area contributed by atoms with E-state index in [4.69, 9.17) is 0 Å². The van der Waals surface area contributed by atoms with Gasteiger partial charge in [-0.25, -0.2) is 9.78 Å². The van der Waals surface area contributed by atoms with Crippen LogP contribution in [0.25, 0.3) is 0 Å². The van der Waals surface area contributed by atoms with Crippen molar-refractivity contribution in [2.75, 3.05) is 7.11 Å². The number of aromatic nitrogens is 1. The van der Waals surface area contributed by atoms with Crippen LogP contribution in [0.3, 0.4) is 0 Å². The van der Waals surface area contributed by atoms with Gasteiger partial charge in [-0.3, -0.25) is 0 Å². The van der Waals surface area contributed by atoms with Crippen LogP contribution in [-0.4, -0.2) is 23.2 Å². The SMILES string of the molecule is CCC(O)(C(=O)OC)c1ccnc(F)c1C. The van der Waals surface area contributed by atoms with Crippen LogP contribution in [0.2, 0.25) is 0 Å². The number of halogens is 1. The summed E-state index contributed by atoms with van der Waals surface area (Å²) < 4.78 is 17.8. The molecule has 5 heteroatoms. The Morgan fingerprint density at radius 2 is 2.31 bits per heavy atom. The highest BCUT2D eigenvalue weighted by molar-refractivity contribution is 5.81. The molecule has 0 bridgehead atoms. The highest BCUT2D eigenvalue weighted by Crippen LogP contribution is 2.29. The van der Waals surface area contributed by atoms with Crippen molar-refractivity contribution in [3.63, 3.8) is 0 Å². The van der Waals surface area contributed by atoms with Crippen LogP contribution in [0.1, 0.15) is 24.5 Å². The molecule has 1 atom stereocenters. The molecule has 1 N–H and O–H groups in total. The van der Waals surface area contributed by atoms with Crippen LogP contribution >= 0.6 is 0 Å². The molecule has 1 heterocycles. The van der Waals surface area contributed by atoms with Gasteiger partial charge >= 0.3 is 5.97 Å². The van der Waals surface area contributed by atoms with Gasteiger partial charge < -0.3 is 9.84 Å². The zero-order valence-corrected chi connectivity index (χ0v) is 9.45. The Morgan fingerprint density at radius 3 is 2.81 bits per heavy atom. The predicted molar refractivity (Wildman–Crippen MR) is 55.1 cm³/mol. The lowest BCUT2D eigenvalue weighted by molar-refractivity contribution is -0.164. The van der Waals surface area contributed by atoms with Crippen molar-refractivity contribution in [1.29, 1.82) is 0 Å². The van der Waals surface area contributed by atoms with E-state index in [1.165, 1.54) is 26.3 Å². The minimum absolute atomic E-state index is 0.101. The molecule has 0 radical (unpaired) electrons. The van der Waals surface area contributed by atoms with E-state index in [1.54, 1.807) is 6.92 Å². The van der Waals surface area contributed by atoms with Gasteiger partial charge in [-0.1, -0.05) is 6.92 Å². The molecule has 1 aromatic heterocycles. The van der Waals surface area contributed by atoms with E-state index >= 15 is 0 Å². The molecule has 0 amide bonds. The average Bonchev–Trinajstić information content (AvgIpc) is 2.30. The second-order valence-electron chi connectivity index (χ2n) is 3.48. The van der Waals surface area contributed by atoms with Crippen molar-refractivity contribution in [2.24, 2.45) is 0 Å². The maximum atomic E-state index is 13.2. The summed E-state index contributed by atoms with van der Waals surface area (Å²) >= 11 is 0. The normalized spacial score (nSPS) is 14.3. The molecular formula is C11H14FNO3. The second-order valence-corrected chi connectivity index (χ2v) is 3.48. The Labute approximate surface area is 93.1 Å². The number of esters is 1. The fourth-order valence-electron chi connectivity index (χ4n) is 1.57. The van der Waals surface area contributed by atoms with Crippen molar-refractivity contribution < 1.29 is 19.0 Å². The summed E-state index contributed by atoms with van der Waals surface area (Å²) in [5.74, 6) is -1.50. The Bertz CT molecular complexity index is 408. The second kappa shape index (κ2) is 4.57. The van der Waals surface area contributed by atoms with Crippen LogP contribution in [0, 0.1) is 12.9 Å². The van der Waals surface area contributed by atoms with Crippen LogP contribution in [-0.2, 0) is 15.1 Å². The summed E-state index contributed by atoms with van der Waals surface area (Å²) in [7, 11) is 1.18. The van der Waals surface area contributed by atoms with Gasteiger partial charge in [0.15, 0.2) is 5.60 Å². The molecule has 0 aliphatic rings. The molecule has 0 saturated heterocycles. The molecule has 0 aromatic carbocycles. The van der Waals surface area contributed by atoms with Crippen LogP contribution in [0.5, 0.6) is 0 Å².